The molecule has 0 aliphatic heterocycles. The number of hydrogen-bond acceptors (Lipinski definition) is 4. The zero-order valence-corrected chi connectivity index (χ0v) is 10.6. The topological polar surface area (TPSA) is 56.1 Å². The Labute approximate surface area is 106 Å². The van der Waals surface area contributed by atoms with Gasteiger partial charge in [-0.3, -0.25) is 4.79 Å². The molecule has 0 aliphatic rings. The summed E-state index contributed by atoms with van der Waals surface area (Å²) in [5.41, 5.74) is 3.27. The molecule has 0 aliphatic carbocycles. The van der Waals surface area contributed by atoms with E-state index in [1.165, 1.54) is 7.11 Å². The van der Waals surface area contributed by atoms with E-state index in [9.17, 15) is 4.79 Å². The summed E-state index contributed by atoms with van der Waals surface area (Å²) < 4.78 is 6.56. The van der Waals surface area contributed by atoms with Crippen molar-refractivity contribution in [2.45, 2.75) is 13.0 Å². The Morgan fingerprint density at radius 1 is 1.50 bits per heavy atom. The molecular formula is C13H17N3O2. The average Bonchev–Trinajstić information content (AvgIpc) is 2.76. The number of carbonyl (C=O) groups excluding carboxylic acids is 1. The first-order valence-electron chi connectivity index (χ1n) is 5.88. The molecule has 5 nitrogen and oxygen atoms in total. The number of hydrogen-bond donors (Lipinski definition) is 1. The number of methoxy groups -OCH3 is 1. The first kappa shape index (κ1) is 12.6. The number of imidazole rings is 1. The molecule has 0 saturated carbocycles. The second kappa shape index (κ2) is 5.64. The van der Waals surface area contributed by atoms with Crippen LogP contribution in [0.4, 0.5) is 0 Å². The van der Waals surface area contributed by atoms with Crippen LogP contribution in [0.15, 0.2) is 24.5 Å². The number of rotatable bonds is 5. The molecule has 1 aromatic heterocycles. The van der Waals surface area contributed by atoms with Crippen LogP contribution in [0.5, 0.6) is 0 Å². The molecular weight excluding hydrogens is 230 g/mol. The van der Waals surface area contributed by atoms with E-state index in [1.54, 1.807) is 6.33 Å². The predicted octanol–water partition coefficient (Wildman–Crippen LogP) is 1.23. The number of fused-ring (bicyclic) bond motifs is 1. The maximum absolute atomic E-state index is 10.9. The molecule has 0 unspecified atom stereocenters. The van der Waals surface area contributed by atoms with Crippen LogP contribution in [-0.4, -0.2) is 29.2 Å². The number of aryl methyl sites for hydroxylation is 1. The van der Waals surface area contributed by atoms with Gasteiger partial charge in [0.05, 0.1) is 30.9 Å². The monoisotopic (exact) mass is 247 g/mol. The smallest absolute Gasteiger partial charge is 0.306 e. The summed E-state index contributed by atoms with van der Waals surface area (Å²) >= 11 is 0. The van der Waals surface area contributed by atoms with E-state index in [1.807, 2.05) is 11.6 Å². The number of benzene rings is 1. The molecule has 1 heterocycles. The van der Waals surface area contributed by atoms with Crippen molar-refractivity contribution in [3.8, 4) is 0 Å². The van der Waals surface area contributed by atoms with Crippen molar-refractivity contribution < 1.29 is 9.53 Å². The molecule has 0 radical (unpaired) electrons. The van der Waals surface area contributed by atoms with Crippen LogP contribution in [0.25, 0.3) is 11.0 Å². The molecule has 0 fully saturated rings. The maximum Gasteiger partial charge on any atom is 0.306 e. The summed E-state index contributed by atoms with van der Waals surface area (Å²) in [7, 11) is 3.38. The van der Waals surface area contributed by atoms with Gasteiger partial charge in [-0.25, -0.2) is 4.98 Å². The zero-order chi connectivity index (χ0) is 13.0. The van der Waals surface area contributed by atoms with Gasteiger partial charge in [-0.15, -0.1) is 0 Å². The van der Waals surface area contributed by atoms with Gasteiger partial charge in [0.2, 0.25) is 0 Å². The molecule has 96 valence electrons. The molecule has 0 amide bonds. The summed E-state index contributed by atoms with van der Waals surface area (Å²) in [5, 5.41) is 3.20. The van der Waals surface area contributed by atoms with E-state index >= 15 is 0 Å². The lowest BCUT2D eigenvalue weighted by Gasteiger charge is -2.04. The van der Waals surface area contributed by atoms with Crippen LogP contribution in [0, 0.1) is 0 Å². The van der Waals surface area contributed by atoms with E-state index in [0.29, 0.717) is 13.0 Å². The molecule has 18 heavy (non-hydrogen) atoms. The lowest BCUT2D eigenvalue weighted by molar-refractivity contribution is -0.140. The Kier molecular flexibility index (Phi) is 3.94. The van der Waals surface area contributed by atoms with Crippen LogP contribution in [0.3, 0.4) is 0 Å². The number of nitrogens with zero attached hydrogens (tertiary/aromatic N) is 2. The highest BCUT2D eigenvalue weighted by Gasteiger charge is 2.02. The average molecular weight is 247 g/mol. The molecule has 1 aromatic carbocycles. The minimum Gasteiger partial charge on any atom is -0.469 e. The Bertz CT molecular complexity index is 548. The fourth-order valence-electron chi connectivity index (χ4n) is 1.82. The lowest BCUT2D eigenvalue weighted by Crippen LogP contribution is -2.18. The summed E-state index contributed by atoms with van der Waals surface area (Å²) in [6.45, 7) is 1.34. The molecule has 2 rings (SSSR count). The third kappa shape index (κ3) is 2.87. The van der Waals surface area contributed by atoms with E-state index < -0.39 is 0 Å². The van der Waals surface area contributed by atoms with E-state index in [-0.39, 0.29) is 5.97 Å². The number of carbonyl (C=O) groups is 1. The molecule has 0 bridgehead atoms. The third-order valence-electron chi connectivity index (χ3n) is 2.85. The summed E-state index contributed by atoms with van der Waals surface area (Å²) in [6.07, 6.45) is 2.20. The van der Waals surface area contributed by atoms with Gasteiger partial charge in [0, 0.05) is 20.1 Å². The van der Waals surface area contributed by atoms with Gasteiger partial charge >= 0.3 is 5.97 Å². The van der Waals surface area contributed by atoms with Crippen LogP contribution in [0.1, 0.15) is 12.0 Å². The summed E-state index contributed by atoms with van der Waals surface area (Å²) in [4.78, 5) is 15.2. The number of ether oxygens (including phenoxy) is 1. The van der Waals surface area contributed by atoms with Crippen molar-refractivity contribution >= 4 is 17.0 Å². The van der Waals surface area contributed by atoms with Gasteiger partial charge in [0.1, 0.15) is 0 Å². The Morgan fingerprint density at radius 3 is 3.11 bits per heavy atom. The first-order valence-corrected chi connectivity index (χ1v) is 5.88. The zero-order valence-electron chi connectivity index (χ0n) is 10.6. The van der Waals surface area contributed by atoms with Crippen molar-refractivity contribution in [3.63, 3.8) is 0 Å². The molecule has 0 spiro atoms. The summed E-state index contributed by atoms with van der Waals surface area (Å²) in [5.74, 6) is -0.192. The molecule has 5 heteroatoms. The van der Waals surface area contributed by atoms with Gasteiger partial charge in [0.15, 0.2) is 0 Å². The van der Waals surface area contributed by atoms with Crippen molar-refractivity contribution in [1.82, 2.24) is 14.9 Å². The SMILES string of the molecule is COC(=O)CCNCc1ccc2c(c1)ncn2C. The minimum atomic E-state index is -0.192. The minimum absolute atomic E-state index is 0.192. The first-order chi connectivity index (χ1) is 8.70. The van der Waals surface area contributed by atoms with Gasteiger partial charge in [0.25, 0.3) is 0 Å². The fourth-order valence-corrected chi connectivity index (χ4v) is 1.82. The molecule has 0 atom stereocenters. The Balaban J connectivity index is 1.90. The quantitative estimate of drug-likeness (QED) is 0.637. The molecule has 0 saturated heterocycles. The van der Waals surface area contributed by atoms with E-state index in [0.717, 1.165) is 23.1 Å². The van der Waals surface area contributed by atoms with Crippen molar-refractivity contribution in [2.75, 3.05) is 13.7 Å². The Hall–Kier alpha value is -1.88. The van der Waals surface area contributed by atoms with Crippen LogP contribution in [-0.2, 0) is 23.1 Å². The molecule has 2 aromatic rings. The number of aromatic nitrogens is 2. The Morgan fingerprint density at radius 2 is 2.33 bits per heavy atom. The largest absolute Gasteiger partial charge is 0.469 e. The van der Waals surface area contributed by atoms with Gasteiger partial charge < -0.3 is 14.6 Å². The van der Waals surface area contributed by atoms with Gasteiger partial charge in [-0.1, -0.05) is 6.07 Å². The maximum atomic E-state index is 10.9. The normalized spacial score (nSPS) is 10.8. The highest BCUT2D eigenvalue weighted by molar-refractivity contribution is 5.75. The third-order valence-corrected chi connectivity index (χ3v) is 2.85. The van der Waals surface area contributed by atoms with Gasteiger partial charge in [-0.2, -0.15) is 0 Å². The fraction of sp³-hybridized carbons (Fsp3) is 0.385. The highest BCUT2D eigenvalue weighted by Crippen LogP contribution is 2.13. The van der Waals surface area contributed by atoms with Crippen LogP contribution in [0.2, 0.25) is 0 Å². The van der Waals surface area contributed by atoms with Crippen molar-refractivity contribution in [1.29, 1.82) is 0 Å². The van der Waals surface area contributed by atoms with Crippen molar-refractivity contribution in [2.24, 2.45) is 7.05 Å². The van der Waals surface area contributed by atoms with E-state index in [2.05, 4.69) is 33.2 Å². The molecule has 1 N–H and O–H groups in total. The highest BCUT2D eigenvalue weighted by atomic mass is 16.5. The van der Waals surface area contributed by atoms with Crippen LogP contribution < -0.4 is 5.32 Å². The second-order valence-electron chi connectivity index (χ2n) is 4.18. The second-order valence-corrected chi connectivity index (χ2v) is 4.18. The summed E-state index contributed by atoms with van der Waals surface area (Å²) in [6, 6.07) is 6.18. The van der Waals surface area contributed by atoms with Crippen molar-refractivity contribution in [3.05, 3.63) is 30.1 Å². The number of nitrogens with one attached hydrogen (secondary N) is 1. The lowest BCUT2D eigenvalue weighted by atomic mass is 10.2. The predicted molar refractivity (Wildman–Crippen MR) is 69.1 cm³/mol. The standard InChI is InChI=1S/C13H17N3O2/c1-16-9-15-11-7-10(3-4-12(11)16)8-14-6-5-13(17)18-2/h3-4,7,9,14H,5-6,8H2,1-2H3. The van der Waals surface area contributed by atoms with Crippen LogP contribution >= 0.6 is 0 Å². The van der Waals surface area contributed by atoms with Gasteiger partial charge in [-0.05, 0) is 17.7 Å². The van der Waals surface area contributed by atoms with E-state index in [4.69, 9.17) is 0 Å². The number of esters is 1.